The summed E-state index contributed by atoms with van der Waals surface area (Å²) in [4.78, 5) is 37.5. The molecule has 1 fully saturated rings. The van der Waals surface area contributed by atoms with E-state index in [1.165, 1.54) is 7.11 Å². The number of hydrogen-bond donors (Lipinski definition) is 0. The summed E-state index contributed by atoms with van der Waals surface area (Å²) in [5.74, 6) is -2.31. The van der Waals surface area contributed by atoms with E-state index in [9.17, 15) is 19.5 Å². The molecule has 0 unspecified atom stereocenters. The molecule has 0 aromatic heterocycles. The van der Waals surface area contributed by atoms with Gasteiger partial charge in [0.2, 0.25) is 0 Å². The highest BCUT2D eigenvalue weighted by Crippen LogP contribution is 2.34. The minimum Gasteiger partial charge on any atom is -0.548 e. The molecule has 0 saturated carbocycles. The zero-order valence-corrected chi connectivity index (χ0v) is 17.0. The van der Waals surface area contributed by atoms with Gasteiger partial charge in [0.25, 0.3) is 5.91 Å². The Morgan fingerprint density at radius 1 is 1.17 bits per heavy atom. The van der Waals surface area contributed by atoms with Gasteiger partial charge in [-0.2, -0.15) is 0 Å². The molecular formula is C21H16NO5S2-. The third-order valence-electron chi connectivity index (χ3n) is 4.31. The number of thiocarbonyl (C=S) groups is 1. The van der Waals surface area contributed by atoms with Crippen molar-refractivity contribution in [2.75, 3.05) is 7.11 Å². The SMILES string of the molecule is COC(=O)c1ccc(/C=C2/SC(=S)N([C@@H](Cc3ccccc3)C(=O)[O-])C2=O)cc1. The standard InChI is InChI=1S/C21H17NO5S2/c1-27-20(26)15-9-7-14(8-10-15)12-17-18(23)22(21(28)29-17)16(19(24)25)11-13-5-3-2-4-6-13/h2-10,12,16H,11H2,1H3,(H,24,25)/p-1/b17-12+/t16-/m0/s1. The van der Waals surface area contributed by atoms with Crippen molar-refractivity contribution in [3.05, 3.63) is 76.2 Å². The summed E-state index contributed by atoms with van der Waals surface area (Å²) in [7, 11) is 1.30. The third-order valence-corrected chi connectivity index (χ3v) is 5.64. The Morgan fingerprint density at radius 3 is 2.41 bits per heavy atom. The van der Waals surface area contributed by atoms with Crippen LogP contribution in [-0.2, 0) is 20.7 Å². The van der Waals surface area contributed by atoms with E-state index in [1.54, 1.807) is 54.6 Å². The second-order valence-electron chi connectivity index (χ2n) is 6.19. The van der Waals surface area contributed by atoms with Crippen LogP contribution in [0.15, 0.2) is 59.5 Å². The Hall–Kier alpha value is -2.97. The maximum atomic E-state index is 12.9. The molecule has 2 aromatic carbocycles. The van der Waals surface area contributed by atoms with Crippen molar-refractivity contribution in [1.29, 1.82) is 0 Å². The van der Waals surface area contributed by atoms with Crippen LogP contribution in [0.3, 0.4) is 0 Å². The van der Waals surface area contributed by atoms with Gasteiger partial charge >= 0.3 is 5.97 Å². The Labute approximate surface area is 177 Å². The quantitative estimate of drug-likeness (QED) is 0.397. The molecule has 1 aliphatic heterocycles. The lowest BCUT2D eigenvalue weighted by Crippen LogP contribution is -2.51. The van der Waals surface area contributed by atoms with Gasteiger partial charge in [-0.25, -0.2) is 4.79 Å². The summed E-state index contributed by atoms with van der Waals surface area (Å²) in [6.07, 6.45) is 1.70. The summed E-state index contributed by atoms with van der Waals surface area (Å²) in [6.45, 7) is 0. The number of rotatable bonds is 6. The molecule has 1 aliphatic rings. The van der Waals surface area contributed by atoms with E-state index in [0.717, 1.165) is 22.2 Å². The molecule has 0 bridgehead atoms. The summed E-state index contributed by atoms with van der Waals surface area (Å²) >= 11 is 6.30. The largest absolute Gasteiger partial charge is 0.548 e. The molecule has 6 nitrogen and oxygen atoms in total. The second kappa shape index (κ2) is 9.02. The first-order valence-electron chi connectivity index (χ1n) is 8.61. The van der Waals surface area contributed by atoms with Crippen molar-refractivity contribution < 1.29 is 24.2 Å². The Morgan fingerprint density at radius 2 is 1.83 bits per heavy atom. The number of carboxylic acid groups (broad SMARTS) is 1. The number of amides is 1. The monoisotopic (exact) mass is 426 g/mol. The fourth-order valence-electron chi connectivity index (χ4n) is 2.85. The predicted molar refractivity (Wildman–Crippen MR) is 112 cm³/mol. The highest BCUT2D eigenvalue weighted by Gasteiger charge is 2.37. The number of thioether (sulfide) groups is 1. The summed E-state index contributed by atoms with van der Waals surface area (Å²) in [5.41, 5.74) is 1.82. The Kier molecular flexibility index (Phi) is 6.46. The lowest BCUT2D eigenvalue weighted by atomic mass is 10.0. The second-order valence-corrected chi connectivity index (χ2v) is 7.87. The van der Waals surface area contributed by atoms with E-state index < -0.39 is 23.9 Å². The fraction of sp³-hybridized carbons (Fsp3) is 0.143. The fourth-order valence-corrected chi connectivity index (χ4v) is 4.21. The molecule has 2 aromatic rings. The van der Waals surface area contributed by atoms with E-state index in [4.69, 9.17) is 12.2 Å². The molecule has 3 rings (SSSR count). The lowest BCUT2D eigenvalue weighted by molar-refractivity contribution is -0.310. The van der Waals surface area contributed by atoms with Crippen LogP contribution in [0, 0.1) is 0 Å². The zero-order chi connectivity index (χ0) is 21.0. The Bertz CT molecular complexity index is 986. The normalized spacial score (nSPS) is 16.2. The number of carbonyl (C=O) groups is 3. The van der Waals surface area contributed by atoms with Gasteiger partial charge < -0.3 is 14.6 Å². The van der Waals surface area contributed by atoms with E-state index in [1.807, 2.05) is 6.07 Å². The maximum Gasteiger partial charge on any atom is 0.337 e. The van der Waals surface area contributed by atoms with Crippen LogP contribution >= 0.6 is 24.0 Å². The van der Waals surface area contributed by atoms with Gasteiger partial charge in [0.15, 0.2) is 0 Å². The molecule has 0 N–H and O–H groups in total. The van der Waals surface area contributed by atoms with Crippen molar-refractivity contribution in [1.82, 2.24) is 4.90 Å². The first kappa shape index (κ1) is 20.8. The maximum absolute atomic E-state index is 12.9. The van der Waals surface area contributed by atoms with E-state index >= 15 is 0 Å². The van der Waals surface area contributed by atoms with E-state index in [2.05, 4.69) is 4.74 Å². The van der Waals surface area contributed by atoms with Crippen molar-refractivity contribution in [3.8, 4) is 0 Å². The topological polar surface area (TPSA) is 86.7 Å². The van der Waals surface area contributed by atoms with Gasteiger partial charge in [-0.05, 0) is 35.8 Å². The van der Waals surface area contributed by atoms with Gasteiger partial charge in [0.1, 0.15) is 4.32 Å². The molecule has 1 heterocycles. The predicted octanol–water partition coefficient (Wildman–Crippen LogP) is 2.04. The van der Waals surface area contributed by atoms with Crippen LogP contribution in [0.1, 0.15) is 21.5 Å². The zero-order valence-electron chi connectivity index (χ0n) is 15.4. The first-order valence-corrected chi connectivity index (χ1v) is 9.83. The lowest BCUT2D eigenvalue weighted by Gasteiger charge is -2.27. The van der Waals surface area contributed by atoms with E-state index in [-0.39, 0.29) is 10.7 Å². The summed E-state index contributed by atoms with van der Waals surface area (Å²) in [6, 6.07) is 14.3. The van der Waals surface area contributed by atoms with Crippen molar-refractivity contribution in [2.45, 2.75) is 12.5 Å². The van der Waals surface area contributed by atoms with Crippen molar-refractivity contribution in [3.63, 3.8) is 0 Å². The number of carbonyl (C=O) groups excluding carboxylic acids is 3. The molecule has 8 heteroatoms. The highest BCUT2D eigenvalue weighted by atomic mass is 32.2. The van der Waals surface area contributed by atoms with E-state index in [0.29, 0.717) is 16.0 Å². The molecule has 1 saturated heterocycles. The summed E-state index contributed by atoms with van der Waals surface area (Å²) in [5, 5.41) is 11.7. The molecule has 0 aliphatic carbocycles. The van der Waals surface area contributed by atoms with Gasteiger partial charge in [0, 0.05) is 0 Å². The number of aliphatic carboxylic acids is 1. The van der Waals surface area contributed by atoms with Crippen LogP contribution in [0.5, 0.6) is 0 Å². The average Bonchev–Trinajstić information content (AvgIpc) is 2.99. The van der Waals surface area contributed by atoms with Crippen LogP contribution in [0.25, 0.3) is 6.08 Å². The highest BCUT2D eigenvalue weighted by molar-refractivity contribution is 8.26. The molecule has 0 spiro atoms. The number of hydrogen-bond acceptors (Lipinski definition) is 7. The van der Waals surface area contributed by atoms with Gasteiger partial charge in [0.05, 0.1) is 29.6 Å². The van der Waals surface area contributed by atoms with Crippen LogP contribution in [-0.4, -0.2) is 40.2 Å². The van der Waals surface area contributed by atoms with Gasteiger partial charge in [-0.1, -0.05) is 66.4 Å². The van der Waals surface area contributed by atoms with Crippen LogP contribution in [0.4, 0.5) is 0 Å². The molecule has 0 radical (unpaired) electrons. The smallest absolute Gasteiger partial charge is 0.337 e. The first-order chi connectivity index (χ1) is 13.9. The minimum absolute atomic E-state index is 0.0940. The Balaban J connectivity index is 1.83. The van der Waals surface area contributed by atoms with Crippen molar-refractivity contribution >= 4 is 52.2 Å². The molecular weight excluding hydrogens is 410 g/mol. The number of ether oxygens (including phenoxy) is 1. The summed E-state index contributed by atoms with van der Waals surface area (Å²) < 4.78 is 4.82. The average molecular weight is 426 g/mol. The number of nitrogens with zero attached hydrogens (tertiary/aromatic N) is 1. The molecule has 29 heavy (non-hydrogen) atoms. The van der Waals surface area contributed by atoms with Crippen LogP contribution in [0.2, 0.25) is 0 Å². The van der Waals surface area contributed by atoms with Crippen molar-refractivity contribution in [2.24, 2.45) is 0 Å². The van der Waals surface area contributed by atoms with Gasteiger partial charge in [-0.3, -0.25) is 9.69 Å². The van der Waals surface area contributed by atoms with Gasteiger partial charge in [-0.15, -0.1) is 0 Å². The number of carboxylic acids is 1. The molecule has 1 atom stereocenters. The molecule has 148 valence electrons. The minimum atomic E-state index is -1.37. The number of esters is 1. The number of methoxy groups -OCH3 is 1. The third kappa shape index (κ3) is 4.72. The number of benzene rings is 2. The van der Waals surface area contributed by atoms with Crippen LogP contribution < -0.4 is 5.11 Å². The molecule has 1 amide bonds.